The molecule has 3 heterocycles. The van der Waals surface area contributed by atoms with Crippen LogP contribution in [0.2, 0.25) is 0 Å². The summed E-state index contributed by atoms with van der Waals surface area (Å²) >= 11 is 0. The summed E-state index contributed by atoms with van der Waals surface area (Å²) in [7, 11) is 0. The Bertz CT molecular complexity index is 1670. The Hall–Kier alpha value is -4.51. The molecule has 40 heavy (non-hydrogen) atoms. The number of carbonyl (C=O) groups excluding carboxylic acids is 2. The molecule has 1 spiro atoms. The lowest BCUT2D eigenvalue weighted by molar-refractivity contribution is -0.137. The molecule has 3 N–H and O–H groups in total. The maximum Gasteiger partial charge on any atom is 0.416 e. The zero-order valence-electron chi connectivity index (χ0n) is 20.8. The number of aliphatic hydroxyl groups excluding tert-OH is 1. The second kappa shape index (κ2) is 9.30. The van der Waals surface area contributed by atoms with E-state index in [1.54, 1.807) is 24.3 Å². The van der Waals surface area contributed by atoms with Gasteiger partial charge in [-0.05, 0) is 77.2 Å². The molecule has 1 unspecified atom stereocenters. The summed E-state index contributed by atoms with van der Waals surface area (Å²) in [4.78, 5) is 28.1. The van der Waals surface area contributed by atoms with Crippen LogP contribution in [-0.4, -0.2) is 45.1 Å². The van der Waals surface area contributed by atoms with E-state index in [9.17, 15) is 32.3 Å². The number of amides is 2. The van der Waals surface area contributed by atoms with Gasteiger partial charge in [0, 0.05) is 24.3 Å². The van der Waals surface area contributed by atoms with Crippen LogP contribution in [-0.2, 0) is 23.0 Å². The summed E-state index contributed by atoms with van der Waals surface area (Å²) in [6.07, 6.45) is -4.16. The largest absolute Gasteiger partial charge is 0.416 e. The maximum atomic E-state index is 14.1. The van der Waals surface area contributed by atoms with E-state index in [0.29, 0.717) is 34.4 Å². The van der Waals surface area contributed by atoms with Crippen LogP contribution >= 0.6 is 0 Å². The smallest absolute Gasteiger partial charge is 0.392 e. The topological polar surface area (TPSA) is 98.3 Å². The fourth-order valence-electron chi connectivity index (χ4n) is 5.49. The third-order valence-electron chi connectivity index (χ3n) is 7.54. The predicted octanol–water partition coefficient (Wildman–Crippen LogP) is 5.13. The Morgan fingerprint density at radius 1 is 1.02 bits per heavy atom. The number of hydrogen-bond acceptors (Lipinski definition) is 4. The quantitative estimate of drug-likeness (QED) is 0.307. The normalized spacial score (nSPS) is 18.3. The molecule has 2 aliphatic rings. The van der Waals surface area contributed by atoms with Gasteiger partial charge in [-0.1, -0.05) is 18.2 Å². The number of anilines is 1. The number of alkyl halides is 3. The van der Waals surface area contributed by atoms with Gasteiger partial charge in [0.2, 0.25) is 5.91 Å². The lowest BCUT2D eigenvalue weighted by Gasteiger charge is -2.23. The SMILES string of the molecule is O=C(c1cc(-c2cccc(C(F)(F)F)c2)n[nH]1)N1CCC2(C1)C(=O)Nc1ccc(-c3cc(F)cc(CO)c3)cc12. The molecule has 3 aromatic carbocycles. The average Bonchev–Trinajstić information content (AvgIpc) is 3.67. The van der Waals surface area contributed by atoms with Crippen molar-refractivity contribution in [3.63, 3.8) is 0 Å². The van der Waals surface area contributed by atoms with Crippen LogP contribution in [0.1, 0.15) is 33.6 Å². The van der Waals surface area contributed by atoms with Crippen LogP contribution in [0.4, 0.5) is 23.2 Å². The third-order valence-corrected chi connectivity index (χ3v) is 7.54. The van der Waals surface area contributed by atoms with E-state index in [4.69, 9.17) is 0 Å². The maximum absolute atomic E-state index is 14.1. The highest BCUT2D eigenvalue weighted by Gasteiger charge is 2.52. The standard InChI is InChI=1S/C29H22F4N4O3/c30-21-9-16(14-38)8-19(11-21)17-4-5-23-22(12-17)28(27(40)34-23)6-7-37(15-28)26(39)25-13-24(35-36-25)18-2-1-3-20(10-18)29(31,32)33/h1-5,8-13,38H,6-7,14-15H2,(H,34,40)(H,35,36). The van der Waals surface area contributed by atoms with Gasteiger partial charge in [0.25, 0.3) is 5.91 Å². The number of nitrogens with zero attached hydrogens (tertiary/aromatic N) is 2. The number of aromatic amines is 1. The van der Waals surface area contributed by atoms with Crippen LogP contribution < -0.4 is 5.32 Å². The number of likely N-dealkylation sites (tertiary alicyclic amines) is 1. The lowest BCUT2D eigenvalue weighted by Crippen LogP contribution is -2.39. The van der Waals surface area contributed by atoms with E-state index in [1.165, 1.54) is 35.2 Å². The summed E-state index contributed by atoms with van der Waals surface area (Å²) in [5, 5.41) is 19.0. The molecule has 204 valence electrons. The van der Waals surface area contributed by atoms with E-state index < -0.39 is 28.9 Å². The first-order chi connectivity index (χ1) is 19.1. The number of halogens is 4. The van der Waals surface area contributed by atoms with Gasteiger partial charge >= 0.3 is 6.18 Å². The number of carbonyl (C=O) groups is 2. The van der Waals surface area contributed by atoms with Crippen LogP contribution in [0, 0.1) is 5.82 Å². The molecule has 0 aliphatic carbocycles. The molecule has 1 atom stereocenters. The molecular weight excluding hydrogens is 528 g/mol. The molecule has 6 rings (SSSR count). The van der Waals surface area contributed by atoms with Crippen molar-refractivity contribution in [2.75, 3.05) is 18.4 Å². The van der Waals surface area contributed by atoms with Crippen molar-refractivity contribution in [2.45, 2.75) is 24.6 Å². The van der Waals surface area contributed by atoms with Gasteiger partial charge in [-0.15, -0.1) is 0 Å². The highest BCUT2D eigenvalue weighted by molar-refractivity contribution is 6.08. The first kappa shape index (κ1) is 25.8. The molecule has 2 amide bonds. The Kier molecular flexibility index (Phi) is 5.99. The fraction of sp³-hybridized carbons (Fsp3) is 0.207. The van der Waals surface area contributed by atoms with Crippen LogP contribution in [0.5, 0.6) is 0 Å². The monoisotopic (exact) mass is 550 g/mol. The fourth-order valence-corrected chi connectivity index (χ4v) is 5.49. The molecule has 0 radical (unpaired) electrons. The van der Waals surface area contributed by atoms with Gasteiger partial charge in [0.1, 0.15) is 11.5 Å². The van der Waals surface area contributed by atoms with Crippen molar-refractivity contribution < 1.29 is 32.3 Å². The number of fused-ring (bicyclic) bond motifs is 2. The average molecular weight is 551 g/mol. The van der Waals surface area contributed by atoms with Gasteiger partial charge in [-0.2, -0.15) is 18.3 Å². The molecule has 0 saturated carbocycles. The molecule has 4 aromatic rings. The van der Waals surface area contributed by atoms with Gasteiger partial charge in [-0.3, -0.25) is 14.7 Å². The van der Waals surface area contributed by atoms with E-state index in [-0.39, 0.29) is 42.6 Å². The summed E-state index contributed by atoms with van der Waals surface area (Å²) in [6.45, 7) is 0.0271. The minimum absolute atomic E-state index is 0.0804. The zero-order chi connectivity index (χ0) is 28.2. The number of hydrogen-bond donors (Lipinski definition) is 3. The molecule has 0 bridgehead atoms. The molecule has 11 heteroatoms. The zero-order valence-corrected chi connectivity index (χ0v) is 20.8. The number of H-pyrrole nitrogens is 1. The highest BCUT2D eigenvalue weighted by Crippen LogP contribution is 2.46. The second-order valence-corrected chi connectivity index (χ2v) is 10.0. The highest BCUT2D eigenvalue weighted by atomic mass is 19.4. The minimum atomic E-state index is -4.51. The summed E-state index contributed by atoms with van der Waals surface area (Å²) in [5.41, 5.74) is 1.57. The lowest BCUT2D eigenvalue weighted by atomic mass is 9.80. The second-order valence-electron chi connectivity index (χ2n) is 10.0. The van der Waals surface area contributed by atoms with E-state index in [1.807, 2.05) is 0 Å². The van der Waals surface area contributed by atoms with Crippen molar-refractivity contribution in [2.24, 2.45) is 0 Å². The van der Waals surface area contributed by atoms with Crippen LogP contribution in [0.25, 0.3) is 22.4 Å². The number of rotatable bonds is 4. The third kappa shape index (κ3) is 4.32. The van der Waals surface area contributed by atoms with Gasteiger partial charge in [0.15, 0.2) is 0 Å². The van der Waals surface area contributed by atoms with Crippen molar-refractivity contribution in [3.8, 4) is 22.4 Å². The minimum Gasteiger partial charge on any atom is -0.392 e. The van der Waals surface area contributed by atoms with Gasteiger partial charge in [0.05, 0.1) is 23.3 Å². The number of aromatic nitrogens is 2. The molecule has 1 aromatic heterocycles. The Morgan fingerprint density at radius 3 is 2.62 bits per heavy atom. The Balaban J connectivity index is 1.27. The van der Waals surface area contributed by atoms with Gasteiger partial charge < -0.3 is 15.3 Å². The van der Waals surface area contributed by atoms with Crippen molar-refractivity contribution >= 4 is 17.5 Å². The van der Waals surface area contributed by atoms with Crippen molar-refractivity contribution in [1.82, 2.24) is 15.1 Å². The van der Waals surface area contributed by atoms with E-state index >= 15 is 0 Å². The van der Waals surface area contributed by atoms with E-state index in [2.05, 4.69) is 15.5 Å². The number of aliphatic hydroxyl groups is 1. The molecule has 1 saturated heterocycles. The first-order valence-corrected chi connectivity index (χ1v) is 12.5. The molecule has 7 nitrogen and oxygen atoms in total. The summed E-state index contributed by atoms with van der Waals surface area (Å²) in [6, 6.07) is 15.6. The molecular formula is C29H22F4N4O3. The summed E-state index contributed by atoms with van der Waals surface area (Å²) in [5.74, 6) is -1.18. The van der Waals surface area contributed by atoms with Gasteiger partial charge in [-0.25, -0.2) is 4.39 Å². The Labute approximate surface area is 225 Å². The van der Waals surface area contributed by atoms with E-state index in [0.717, 1.165) is 12.1 Å². The van der Waals surface area contributed by atoms with Crippen LogP contribution in [0.3, 0.4) is 0 Å². The molecule has 2 aliphatic heterocycles. The number of benzene rings is 3. The van der Waals surface area contributed by atoms with Crippen LogP contribution in [0.15, 0.2) is 66.7 Å². The van der Waals surface area contributed by atoms with Crippen molar-refractivity contribution in [1.29, 1.82) is 0 Å². The Morgan fingerprint density at radius 2 is 1.85 bits per heavy atom. The molecule has 1 fully saturated rings. The first-order valence-electron chi connectivity index (χ1n) is 12.5. The summed E-state index contributed by atoms with van der Waals surface area (Å²) < 4.78 is 53.5. The number of nitrogens with one attached hydrogen (secondary N) is 2. The van der Waals surface area contributed by atoms with Crippen molar-refractivity contribution in [3.05, 3.63) is 94.9 Å². The predicted molar refractivity (Wildman–Crippen MR) is 138 cm³/mol.